The lowest BCUT2D eigenvalue weighted by Gasteiger charge is -2.35. The molecule has 2 aromatic heterocycles. The quantitative estimate of drug-likeness (QED) is 0.641. The van der Waals surface area contributed by atoms with Crippen LogP contribution in [0.15, 0.2) is 28.0 Å². The lowest BCUT2D eigenvalue weighted by atomic mass is 9.95. The lowest BCUT2D eigenvalue weighted by molar-refractivity contribution is -0.132. The Kier molecular flexibility index (Phi) is 6.40. The van der Waals surface area contributed by atoms with Gasteiger partial charge in [-0.3, -0.25) is 9.36 Å². The third kappa shape index (κ3) is 4.14. The van der Waals surface area contributed by atoms with Crippen molar-refractivity contribution in [1.29, 1.82) is 0 Å². The maximum atomic E-state index is 12.9. The van der Waals surface area contributed by atoms with E-state index >= 15 is 0 Å². The molecule has 0 aromatic carbocycles. The first-order chi connectivity index (χ1) is 13.8. The molecule has 1 saturated heterocycles. The maximum absolute atomic E-state index is 12.9. The van der Waals surface area contributed by atoms with Gasteiger partial charge in [-0.15, -0.1) is 10.2 Å². The van der Waals surface area contributed by atoms with Gasteiger partial charge in [0, 0.05) is 18.6 Å². The minimum Gasteiger partial charge on any atom is -0.461 e. The number of carbonyl (C=O) groups excluding carboxylic acids is 1. The molecule has 1 amide bonds. The van der Waals surface area contributed by atoms with E-state index in [1.54, 1.807) is 6.26 Å². The van der Waals surface area contributed by atoms with Crippen molar-refractivity contribution in [2.75, 3.05) is 12.3 Å². The number of carbonyl (C=O) groups is 1. The predicted octanol–water partition coefficient (Wildman–Crippen LogP) is 4.93. The molecule has 1 aliphatic heterocycles. The van der Waals surface area contributed by atoms with E-state index in [0.717, 1.165) is 55.4 Å². The topological polar surface area (TPSA) is 64.2 Å². The molecule has 6 nitrogen and oxygen atoms in total. The second kappa shape index (κ2) is 9.16. The molecular formula is C21H30N4O2S. The van der Waals surface area contributed by atoms with Crippen molar-refractivity contribution in [3.05, 3.63) is 18.4 Å². The summed E-state index contributed by atoms with van der Waals surface area (Å²) in [5.41, 5.74) is 0. The van der Waals surface area contributed by atoms with Gasteiger partial charge in [0.05, 0.1) is 12.0 Å². The molecule has 0 radical (unpaired) electrons. The Morgan fingerprint density at radius 3 is 2.75 bits per heavy atom. The summed E-state index contributed by atoms with van der Waals surface area (Å²) >= 11 is 1.53. The number of hydrogen-bond donors (Lipinski definition) is 0. The Labute approximate surface area is 171 Å². The number of aromatic nitrogens is 3. The van der Waals surface area contributed by atoms with Crippen molar-refractivity contribution >= 4 is 17.7 Å². The minimum absolute atomic E-state index is 0.231. The van der Waals surface area contributed by atoms with E-state index in [4.69, 9.17) is 4.42 Å². The summed E-state index contributed by atoms with van der Waals surface area (Å²) in [7, 11) is 0. The zero-order chi connectivity index (χ0) is 19.3. The summed E-state index contributed by atoms with van der Waals surface area (Å²) in [6, 6.07) is 4.60. The zero-order valence-corrected chi connectivity index (χ0v) is 17.5. The number of amides is 1. The van der Waals surface area contributed by atoms with Gasteiger partial charge in [0.2, 0.25) is 11.7 Å². The molecule has 152 valence electrons. The van der Waals surface area contributed by atoms with Crippen molar-refractivity contribution < 1.29 is 9.21 Å². The Morgan fingerprint density at radius 1 is 1.18 bits per heavy atom. The van der Waals surface area contributed by atoms with Crippen molar-refractivity contribution in [3.8, 4) is 11.6 Å². The number of hydrogen-bond acceptors (Lipinski definition) is 5. The first-order valence-corrected chi connectivity index (χ1v) is 11.7. The molecule has 1 saturated carbocycles. The molecule has 2 aromatic rings. The average Bonchev–Trinajstić information content (AvgIpc) is 3.42. The molecule has 0 N–H and O–H groups in total. The third-order valence-electron chi connectivity index (χ3n) is 6.09. The minimum atomic E-state index is 0.231. The number of furan rings is 1. The summed E-state index contributed by atoms with van der Waals surface area (Å²) < 4.78 is 7.83. The van der Waals surface area contributed by atoms with Gasteiger partial charge in [-0.25, -0.2) is 0 Å². The molecule has 28 heavy (non-hydrogen) atoms. The molecule has 7 heteroatoms. The number of rotatable bonds is 6. The molecule has 0 bridgehead atoms. The van der Waals surface area contributed by atoms with E-state index in [0.29, 0.717) is 17.8 Å². The van der Waals surface area contributed by atoms with Crippen LogP contribution >= 0.6 is 11.8 Å². The second-order valence-corrected chi connectivity index (χ2v) is 8.82. The van der Waals surface area contributed by atoms with Crippen LogP contribution in [0.2, 0.25) is 0 Å². The van der Waals surface area contributed by atoms with Crippen LogP contribution in [0.25, 0.3) is 11.6 Å². The molecule has 1 unspecified atom stereocenters. The van der Waals surface area contributed by atoms with E-state index in [2.05, 4.69) is 26.6 Å². The van der Waals surface area contributed by atoms with E-state index < -0.39 is 0 Å². The van der Waals surface area contributed by atoms with Crippen molar-refractivity contribution in [2.24, 2.45) is 0 Å². The van der Waals surface area contributed by atoms with Crippen molar-refractivity contribution in [2.45, 2.75) is 82.0 Å². The molecule has 1 aliphatic carbocycles. The van der Waals surface area contributed by atoms with Crippen molar-refractivity contribution in [3.63, 3.8) is 0 Å². The van der Waals surface area contributed by atoms with Gasteiger partial charge < -0.3 is 9.32 Å². The molecule has 1 atom stereocenters. The van der Waals surface area contributed by atoms with Crippen LogP contribution in [0.4, 0.5) is 0 Å². The summed E-state index contributed by atoms with van der Waals surface area (Å²) in [5, 5.41) is 9.72. The molecule has 2 fully saturated rings. The Bertz CT molecular complexity index is 767. The van der Waals surface area contributed by atoms with Gasteiger partial charge in [-0.1, -0.05) is 37.9 Å². The fourth-order valence-electron chi connectivity index (χ4n) is 4.58. The van der Waals surface area contributed by atoms with Gasteiger partial charge in [0.15, 0.2) is 10.9 Å². The van der Waals surface area contributed by atoms with E-state index in [1.165, 1.54) is 37.4 Å². The number of thioether (sulfide) groups is 1. The van der Waals surface area contributed by atoms with Crippen LogP contribution < -0.4 is 0 Å². The monoisotopic (exact) mass is 402 g/mol. The zero-order valence-electron chi connectivity index (χ0n) is 16.7. The fourth-order valence-corrected chi connectivity index (χ4v) is 5.47. The SMILES string of the molecule is CCC1CCCCN1C(=O)CSc1nnc(-c2ccco2)n1C1CCCCC1. The second-order valence-electron chi connectivity index (χ2n) is 7.88. The highest BCUT2D eigenvalue weighted by molar-refractivity contribution is 7.99. The summed E-state index contributed by atoms with van der Waals surface area (Å²) in [5.74, 6) is 2.20. The molecule has 3 heterocycles. The van der Waals surface area contributed by atoms with Gasteiger partial charge in [0.1, 0.15) is 0 Å². The van der Waals surface area contributed by atoms with Crippen molar-refractivity contribution in [1.82, 2.24) is 19.7 Å². The average molecular weight is 403 g/mol. The van der Waals surface area contributed by atoms with Crippen LogP contribution in [0.1, 0.15) is 70.8 Å². The van der Waals surface area contributed by atoms with Gasteiger partial charge >= 0.3 is 0 Å². The Morgan fingerprint density at radius 2 is 2.00 bits per heavy atom. The standard InChI is InChI=1S/C21H30N4O2S/c1-2-16-9-6-7-13-24(16)19(26)15-28-21-23-22-20(18-12-8-14-27-18)25(21)17-10-4-3-5-11-17/h8,12,14,16-17H,2-7,9-11,13,15H2,1H3. The van der Waals surface area contributed by atoms with Crippen LogP contribution in [0, 0.1) is 0 Å². The lowest BCUT2D eigenvalue weighted by Crippen LogP contribution is -2.44. The smallest absolute Gasteiger partial charge is 0.233 e. The van der Waals surface area contributed by atoms with Gasteiger partial charge in [-0.05, 0) is 50.7 Å². The largest absolute Gasteiger partial charge is 0.461 e. The van der Waals surface area contributed by atoms with E-state index in [9.17, 15) is 4.79 Å². The predicted molar refractivity (Wildman–Crippen MR) is 110 cm³/mol. The van der Waals surface area contributed by atoms with Gasteiger partial charge in [0.25, 0.3) is 0 Å². The molecule has 2 aliphatic rings. The summed E-state index contributed by atoms with van der Waals surface area (Å²) in [6.45, 7) is 3.07. The normalized spacial score (nSPS) is 21.2. The van der Waals surface area contributed by atoms with Crippen LogP contribution in [-0.4, -0.2) is 43.9 Å². The van der Waals surface area contributed by atoms with Crippen LogP contribution in [0.3, 0.4) is 0 Å². The highest BCUT2D eigenvalue weighted by atomic mass is 32.2. The highest BCUT2D eigenvalue weighted by Gasteiger charge is 2.28. The first-order valence-electron chi connectivity index (χ1n) is 10.7. The number of likely N-dealkylation sites (tertiary alicyclic amines) is 1. The molecule has 4 rings (SSSR count). The summed E-state index contributed by atoms with van der Waals surface area (Å²) in [6.07, 6.45) is 12.2. The highest BCUT2D eigenvalue weighted by Crippen LogP contribution is 2.36. The van der Waals surface area contributed by atoms with Crippen LogP contribution in [0.5, 0.6) is 0 Å². The maximum Gasteiger partial charge on any atom is 0.233 e. The van der Waals surface area contributed by atoms with Gasteiger partial charge in [-0.2, -0.15) is 0 Å². The van der Waals surface area contributed by atoms with E-state index in [-0.39, 0.29) is 5.91 Å². The molecule has 0 spiro atoms. The first kappa shape index (κ1) is 19.6. The number of nitrogens with zero attached hydrogens (tertiary/aromatic N) is 4. The fraction of sp³-hybridized carbons (Fsp3) is 0.667. The van der Waals surface area contributed by atoms with Crippen LogP contribution in [-0.2, 0) is 4.79 Å². The summed E-state index contributed by atoms with van der Waals surface area (Å²) in [4.78, 5) is 15.0. The Balaban J connectivity index is 1.51. The molecular weight excluding hydrogens is 372 g/mol. The number of piperidine rings is 1. The Hall–Kier alpha value is -1.76. The third-order valence-corrected chi connectivity index (χ3v) is 7.02. The van der Waals surface area contributed by atoms with E-state index in [1.807, 2.05) is 12.1 Å².